The second kappa shape index (κ2) is 7.21. The number of pyridine rings is 1. The average Bonchev–Trinajstić information content (AvgIpc) is 2.88. The molecule has 0 fully saturated rings. The van der Waals surface area contributed by atoms with E-state index < -0.39 is 0 Å². The van der Waals surface area contributed by atoms with E-state index in [1.165, 1.54) is 25.7 Å². The molecule has 0 saturated carbocycles. The number of H-pyrrole nitrogens is 1. The molecule has 0 atom stereocenters. The van der Waals surface area contributed by atoms with Gasteiger partial charge in [-0.2, -0.15) is 0 Å². The van der Waals surface area contributed by atoms with Crippen LogP contribution in [0.3, 0.4) is 0 Å². The molecule has 0 aromatic carbocycles. The summed E-state index contributed by atoms with van der Waals surface area (Å²) in [6.45, 7) is 2.24. The van der Waals surface area contributed by atoms with Gasteiger partial charge in [0.05, 0.1) is 12.0 Å². The van der Waals surface area contributed by atoms with E-state index in [4.69, 9.17) is 0 Å². The Morgan fingerprint density at radius 2 is 2.22 bits per heavy atom. The lowest BCUT2D eigenvalue weighted by atomic mass is 10.2. The van der Waals surface area contributed by atoms with Gasteiger partial charge in [-0.05, 0) is 24.3 Å². The molecule has 3 nitrogen and oxygen atoms in total. The third-order valence-corrected chi connectivity index (χ3v) is 3.87. The maximum Gasteiger partial charge on any atom is 0.122 e. The van der Waals surface area contributed by atoms with Gasteiger partial charge in [-0.1, -0.05) is 26.2 Å². The fourth-order valence-corrected chi connectivity index (χ4v) is 2.80. The normalized spacial score (nSPS) is 10.7. The monoisotopic (exact) mass is 261 g/mol. The van der Waals surface area contributed by atoms with Crippen LogP contribution in [0.5, 0.6) is 0 Å². The Labute approximate surface area is 112 Å². The van der Waals surface area contributed by atoms with E-state index in [1.54, 1.807) is 12.5 Å². The molecule has 4 heteroatoms. The largest absolute Gasteiger partial charge is 0.344 e. The van der Waals surface area contributed by atoms with Crippen molar-refractivity contribution in [3.05, 3.63) is 30.9 Å². The maximum absolute atomic E-state index is 4.39. The molecule has 0 unspecified atom stereocenters. The molecular formula is C14H19N3S. The average molecular weight is 261 g/mol. The molecule has 0 aliphatic carbocycles. The van der Waals surface area contributed by atoms with Gasteiger partial charge in [0.25, 0.3) is 0 Å². The third-order valence-electron chi connectivity index (χ3n) is 2.79. The molecule has 2 aromatic heterocycles. The fraction of sp³-hybridized carbons (Fsp3) is 0.429. The lowest BCUT2D eigenvalue weighted by Crippen LogP contribution is -1.85. The van der Waals surface area contributed by atoms with Crippen molar-refractivity contribution in [3.63, 3.8) is 0 Å². The molecule has 0 bridgehead atoms. The Morgan fingerprint density at radius 3 is 3.00 bits per heavy atom. The molecule has 2 rings (SSSR count). The van der Waals surface area contributed by atoms with Gasteiger partial charge < -0.3 is 4.98 Å². The van der Waals surface area contributed by atoms with Gasteiger partial charge in [0.2, 0.25) is 0 Å². The van der Waals surface area contributed by atoms with E-state index in [9.17, 15) is 0 Å². The van der Waals surface area contributed by atoms with E-state index in [-0.39, 0.29) is 0 Å². The van der Waals surface area contributed by atoms with Gasteiger partial charge >= 0.3 is 0 Å². The van der Waals surface area contributed by atoms with E-state index in [0.717, 1.165) is 22.0 Å². The third kappa shape index (κ3) is 3.60. The van der Waals surface area contributed by atoms with Gasteiger partial charge in [-0.25, -0.2) is 4.98 Å². The van der Waals surface area contributed by atoms with Gasteiger partial charge in [-0.15, -0.1) is 11.8 Å². The summed E-state index contributed by atoms with van der Waals surface area (Å²) in [5, 5.41) is 1.08. The van der Waals surface area contributed by atoms with Crippen molar-refractivity contribution < 1.29 is 0 Å². The van der Waals surface area contributed by atoms with Crippen LogP contribution in [0.25, 0.3) is 11.3 Å². The van der Waals surface area contributed by atoms with Crippen molar-refractivity contribution in [2.45, 2.75) is 37.6 Å². The van der Waals surface area contributed by atoms with Crippen LogP contribution in [0.2, 0.25) is 0 Å². The SMILES string of the molecule is CCCCCCSc1nc[nH]c1-c1cccnc1. The zero-order valence-electron chi connectivity index (χ0n) is 10.7. The zero-order chi connectivity index (χ0) is 12.6. The first kappa shape index (κ1) is 13.1. The summed E-state index contributed by atoms with van der Waals surface area (Å²) in [6.07, 6.45) is 10.6. The van der Waals surface area contributed by atoms with Crippen LogP contribution >= 0.6 is 11.8 Å². The minimum atomic E-state index is 1.08. The second-order valence-electron chi connectivity index (χ2n) is 4.23. The van der Waals surface area contributed by atoms with Crippen molar-refractivity contribution in [2.24, 2.45) is 0 Å². The van der Waals surface area contributed by atoms with E-state index in [1.807, 2.05) is 24.0 Å². The fourth-order valence-electron chi connectivity index (χ4n) is 1.81. The molecule has 18 heavy (non-hydrogen) atoms. The smallest absolute Gasteiger partial charge is 0.122 e. The molecule has 0 saturated heterocycles. The number of rotatable bonds is 7. The minimum absolute atomic E-state index is 1.08. The molecule has 0 spiro atoms. The highest BCUT2D eigenvalue weighted by Crippen LogP contribution is 2.28. The molecule has 2 heterocycles. The topological polar surface area (TPSA) is 41.6 Å². The first-order chi connectivity index (χ1) is 8.92. The lowest BCUT2D eigenvalue weighted by Gasteiger charge is -2.02. The van der Waals surface area contributed by atoms with E-state index >= 15 is 0 Å². The molecule has 1 N–H and O–H groups in total. The van der Waals surface area contributed by atoms with Crippen molar-refractivity contribution >= 4 is 11.8 Å². The van der Waals surface area contributed by atoms with E-state index in [2.05, 4.69) is 27.9 Å². The number of nitrogens with zero attached hydrogens (tertiary/aromatic N) is 2. The quantitative estimate of drug-likeness (QED) is 0.601. The molecule has 2 aromatic rings. The van der Waals surface area contributed by atoms with Gasteiger partial charge in [0.1, 0.15) is 5.03 Å². The summed E-state index contributed by atoms with van der Waals surface area (Å²) < 4.78 is 0. The van der Waals surface area contributed by atoms with Crippen LogP contribution < -0.4 is 0 Å². The van der Waals surface area contributed by atoms with Crippen molar-refractivity contribution in [2.75, 3.05) is 5.75 Å². The summed E-state index contributed by atoms with van der Waals surface area (Å²) in [6, 6.07) is 4.01. The van der Waals surface area contributed by atoms with Crippen molar-refractivity contribution in [1.29, 1.82) is 0 Å². The number of hydrogen-bond donors (Lipinski definition) is 1. The Balaban J connectivity index is 1.92. The zero-order valence-corrected chi connectivity index (χ0v) is 11.5. The van der Waals surface area contributed by atoms with Gasteiger partial charge in [-0.3, -0.25) is 4.98 Å². The van der Waals surface area contributed by atoms with Crippen LogP contribution in [0.4, 0.5) is 0 Å². The number of thioether (sulfide) groups is 1. The Hall–Kier alpha value is -1.29. The van der Waals surface area contributed by atoms with E-state index in [0.29, 0.717) is 0 Å². The number of imidazole rings is 1. The van der Waals surface area contributed by atoms with Crippen LogP contribution in [0.1, 0.15) is 32.6 Å². The number of aromatic nitrogens is 3. The summed E-state index contributed by atoms with van der Waals surface area (Å²) >= 11 is 1.83. The summed E-state index contributed by atoms with van der Waals surface area (Å²) in [5.41, 5.74) is 2.19. The Kier molecular flexibility index (Phi) is 5.27. The van der Waals surface area contributed by atoms with Crippen LogP contribution in [-0.2, 0) is 0 Å². The predicted molar refractivity (Wildman–Crippen MR) is 76.7 cm³/mol. The molecule has 0 amide bonds. The summed E-state index contributed by atoms with van der Waals surface area (Å²) in [4.78, 5) is 11.7. The van der Waals surface area contributed by atoms with Crippen LogP contribution in [0, 0.1) is 0 Å². The van der Waals surface area contributed by atoms with Crippen molar-refractivity contribution in [1.82, 2.24) is 15.0 Å². The molecule has 0 radical (unpaired) electrons. The Morgan fingerprint density at radius 1 is 1.28 bits per heavy atom. The maximum atomic E-state index is 4.39. The molecule has 96 valence electrons. The predicted octanol–water partition coefficient (Wildman–Crippen LogP) is 4.14. The summed E-state index contributed by atoms with van der Waals surface area (Å²) in [7, 11) is 0. The number of hydrogen-bond acceptors (Lipinski definition) is 3. The first-order valence-electron chi connectivity index (χ1n) is 6.48. The number of aromatic amines is 1. The highest BCUT2D eigenvalue weighted by atomic mass is 32.2. The molecule has 0 aliphatic rings. The first-order valence-corrected chi connectivity index (χ1v) is 7.47. The van der Waals surface area contributed by atoms with Gasteiger partial charge in [0, 0.05) is 18.0 Å². The number of nitrogens with one attached hydrogen (secondary N) is 1. The van der Waals surface area contributed by atoms with Crippen LogP contribution in [0.15, 0.2) is 35.9 Å². The van der Waals surface area contributed by atoms with Crippen LogP contribution in [-0.4, -0.2) is 20.7 Å². The standard InChI is InChI=1S/C14H19N3S/c1-2-3-4-5-9-18-14-13(16-11-17-14)12-7-6-8-15-10-12/h6-8,10-11H,2-5,9H2,1H3,(H,16,17). The highest BCUT2D eigenvalue weighted by molar-refractivity contribution is 7.99. The Bertz CT molecular complexity index is 453. The summed E-state index contributed by atoms with van der Waals surface area (Å²) in [5.74, 6) is 1.14. The minimum Gasteiger partial charge on any atom is -0.344 e. The lowest BCUT2D eigenvalue weighted by molar-refractivity contribution is 0.706. The highest BCUT2D eigenvalue weighted by Gasteiger charge is 2.08. The number of unbranched alkanes of at least 4 members (excludes halogenated alkanes) is 3. The molecule has 0 aliphatic heterocycles. The molecular weight excluding hydrogens is 242 g/mol. The van der Waals surface area contributed by atoms with Gasteiger partial charge in [0.15, 0.2) is 0 Å². The van der Waals surface area contributed by atoms with Crippen molar-refractivity contribution in [3.8, 4) is 11.3 Å². The second-order valence-corrected chi connectivity index (χ2v) is 5.32.